The topological polar surface area (TPSA) is 150 Å². The average Bonchev–Trinajstić information content (AvgIpc) is 2.88. The molecule has 2 heterocycles. The molecule has 0 bridgehead atoms. The number of fused-ring (bicyclic) bond motifs is 1. The van der Waals surface area contributed by atoms with Crippen molar-refractivity contribution in [3.05, 3.63) is 36.5 Å². The molecule has 2 aromatic heterocycles. The summed E-state index contributed by atoms with van der Waals surface area (Å²) in [5.74, 6) is 0.179. The summed E-state index contributed by atoms with van der Waals surface area (Å²) in [5, 5.41) is 0. The maximum absolute atomic E-state index is 11.1. The number of nitrogens with one attached hydrogen (secondary N) is 1. The minimum absolute atomic E-state index is 0.143. The zero-order valence-corrected chi connectivity index (χ0v) is 12.8. The molecule has 0 atom stereocenters. The van der Waals surface area contributed by atoms with Gasteiger partial charge in [-0.2, -0.15) is 16.8 Å². The van der Waals surface area contributed by atoms with Gasteiger partial charge < -0.3 is 4.98 Å². The van der Waals surface area contributed by atoms with Crippen molar-refractivity contribution in [3.63, 3.8) is 0 Å². The van der Waals surface area contributed by atoms with Crippen LogP contribution < -0.4 is 0 Å². The number of aromatic amines is 1. The number of benzene rings is 1. The van der Waals surface area contributed by atoms with E-state index in [1.807, 2.05) is 0 Å². The first-order valence-electron chi connectivity index (χ1n) is 6.06. The molecule has 0 aliphatic carbocycles. The lowest BCUT2D eigenvalue weighted by Gasteiger charge is -1.99. The van der Waals surface area contributed by atoms with Crippen LogP contribution in [0.3, 0.4) is 0 Å². The van der Waals surface area contributed by atoms with E-state index in [9.17, 15) is 16.8 Å². The third-order valence-electron chi connectivity index (χ3n) is 3.02. The second-order valence-electron chi connectivity index (χ2n) is 4.59. The normalized spacial score (nSPS) is 12.6. The number of hydrogen-bond donors (Lipinski definition) is 3. The number of imidazole rings is 1. The Morgan fingerprint density at radius 3 is 2.22 bits per heavy atom. The van der Waals surface area contributed by atoms with E-state index in [1.165, 1.54) is 24.4 Å². The standard InChI is InChI=1S/C12H9N3O6S2/c16-22(17,18)7-1-2-9-10(5-7)15-12(14-9)11-6-8(3-4-13-11)23(19,20)21/h1-6H,(H,14,15)(H,16,17,18)(H,19,20,21). The van der Waals surface area contributed by atoms with Gasteiger partial charge in [0.1, 0.15) is 5.69 Å². The fourth-order valence-electron chi connectivity index (χ4n) is 1.97. The van der Waals surface area contributed by atoms with Crippen molar-refractivity contribution >= 4 is 31.3 Å². The number of nitrogens with zero attached hydrogens (tertiary/aromatic N) is 2. The van der Waals surface area contributed by atoms with Crippen molar-refractivity contribution in [3.8, 4) is 11.5 Å². The van der Waals surface area contributed by atoms with Crippen molar-refractivity contribution < 1.29 is 25.9 Å². The van der Waals surface area contributed by atoms with Gasteiger partial charge in [0.05, 0.1) is 20.8 Å². The van der Waals surface area contributed by atoms with E-state index in [-0.39, 0.29) is 21.3 Å². The molecule has 1 aromatic carbocycles. The first kappa shape index (κ1) is 15.6. The number of aromatic nitrogens is 3. The third kappa shape index (κ3) is 3.07. The van der Waals surface area contributed by atoms with Crippen LogP contribution in [0.15, 0.2) is 46.3 Å². The van der Waals surface area contributed by atoms with E-state index in [1.54, 1.807) is 0 Å². The largest absolute Gasteiger partial charge is 0.337 e. The molecular formula is C12H9N3O6S2. The molecule has 11 heteroatoms. The summed E-state index contributed by atoms with van der Waals surface area (Å²) in [7, 11) is -8.74. The van der Waals surface area contributed by atoms with E-state index < -0.39 is 20.2 Å². The summed E-state index contributed by atoms with van der Waals surface area (Å²) in [4.78, 5) is 10.2. The maximum Gasteiger partial charge on any atom is 0.294 e. The molecule has 3 aromatic rings. The number of rotatable bonds is 3. The summed E-state index contributed by atoms with van der Waals surface area (Å²) in [6.07, 6.45) is 1.19. The number of H-pyrrole nitrogens is 1. The molecule has 120 valence electrons. The Hall–Kier alpha value is -2.34. The van der Waals surface area contributed by atoms with E-state index in [0.717, 1.165) is 12.1 Å². The maximum atomic E-state index is 11.1. The Kier molecular flexibility index (Phi) is 3.44. The van der Waals surface area contributed by atoms with Crippen molar-refractivity contribution in [1.82, 2.24) is 15.0 Å². The molecular weight excluding hydrogens is 346 g/mol. The van der Waals surface area contributed by atoms with Gasteiger partial charge in [0.15, 0.2) is 5.82 Å². The van der Waals surface area contributed by atoms with Crippen molar-refractivity contribution in [2.45, 2.75) is 9.79 Å². The molecule has 0 saturated carbocycles. The molecule has 0 saturated heterocycles. The molecule has 0 fully saturated rings. The smallest absolute Gasteiger partial charge is 0.294 e. The van der Waals surface area contributed by atoms with Crippen LogP contribution in [0.2, 0.25) is 0 Å². The third-order valence-corrected chi connectivity index (χ3v) is 4.72. The predicted molar refractivity (Wildman–Crippen MR) is 79.0 cm³/mol. The quantitative estimate of drug-likeness (QED) is 0.591. The zero-order chi connectivity index (χ0) is 16.8. The van der Waals surface area contributed by atoms with Crippen molar-refractivity contribution in [1.29, 1.82) is 0 Å². The summed E-state index contributed by atoms with van der Waals surface area (Å²) >= 11 is 0. The van der Waals surface area contributed by atoms with Gasteiger partial charge in [-0.3, -0.25) is 14.1 Å². The molecule has 23 heavy (non-hydrogen) atoms. The SMILES string of the molecule is O=S(=O)(O)c1ccnc(-c2nc3ccc(S(=O)(=O)O)cc3[nH]2)c1. The number of pyridine rings is 1. The Balaban J connectivity index is 2.15. The molecule has 3 rings (SSSR count). The van der Waals surface area contributed by atoms with Crippen LogP contribution >= 0.6 is 0 Å². The second-order valence-corrected chi connectivity index (χ2v) is 7.43. The van der Waals surface area contributed by atoms with E-state index in [2.05, 4.69) is 15.0 Å². The predicted octanol–water partition coefficient (Wildman–Crippen LogP) is 1.12. The van der Waals surface area contributed by atoms with Crippen LogP contribution in [0.4, 0.5) is 0 Å². The highest BCUT2D eigenvalue weighted by Crippen LogP contribution is 2.23. The molecule has 0 amide bonds. The molecule has 0 aliphatic heterocycles. The molecule has 0 unspecified atom stereocenters. The molecule has 9 nitrogen and oxygen atoms in total. The van der Waals surface area contributed by atoms with Crippen LogP contribution in [-0.4, -0.2) is 40.9 Å². The highest BCUT2D eigenvalue weighted by Gasteiger charge is 2.15. The van der Waals surface area contributed by atoms with Gasteiger partial charge in [-0.15, -0.1) is 0 Å². The minimum atomic E-state index is -4.38. The first-order valence-corrected chi connectivity index (χ1v) is 8.94. The monoisotopic (exact) mass is 355 g/mol. The van der Waals surface area contributed by atoms with Crippen LogP contribution in [-0.2, 0) is 20.2 Å². The van der Waals surface area contributed by atoms with Gasteiger partial charge in [0, 0.05) is 6.20 Å². The summed E-state index contributed by atoms with van der Waals surface area (Å²) in [5.41, 5.74) is 0.852. The number of hydrogen-bond acceptors (Lipinski definition) is 6. The lowest BCUT2D eigenvalue weighted by Crippen LogP contribution is -1.99. The van der Waals surface area contributed by atoms with Gasteiger partial charge in [-0.25, -0.2) is 4.98 Å². The van der Waals surface area contributed by atoms with Crippen molar-refractivity contribution in [2.24, 2.45) is 0 Å². The van der Waals surface area contributed by atoms with Gasteiger partial charge in [0.25, 0.3) is 20.2 Å². The minimum Gasteiger partial charge on any atom is -0.337 e. The second kappa shape index (κ2) is 5.09. The molecule has 0 radical (unpaired) electrons. The lowest BCUT2D eigenvalue weighted by atomic mass is 10.3. The summed E-state index contributed by atoms with van der Waals surface area (Å²) in [6, 6.07) is 6.00. The van der Waals surface area contributed by atoms with E-state index in [0.29, 0.717) is 11.0 Å². The van der Waals surface area contributed by atoms with Gasteiger partial charge in [0.2, 0.25) is 0 Å². The fraction of sp³-hybridized carbons (Fsp3) is 0. The molecule has 3 N–H and O–H groups in total. The van der Waals surface area contributed by atoms with Crippen LogP contribution in [0, 0.1) is 0 Å². The van der Waals surface area contributed by atoms with Gasteiger partial charge in [-0.05, 0) is 30.3 Å². The summed E-state index contributed by atoms with van der Waals surface area (Å²) in [6.45, 7) is 0. The highest BCUT2D eigenvalue weighted by atomic mass is 32.2. The van der Waals surface area contributed by atoms with Gasteiger partial charge >= 0.3 is 0 Å². The summed E-state index contributed by atoms with van der Waals surface area (Å²) < 4.78 is 62.6. The molecule has 0 aliphatic rings. The van der Waals surface area contributed by atoms with Crippen LogP contribution in [0.1, 0.15) is 0 Å². The Morgan fingerprint density at radius 2 is 1.57 bits per heavy atom. The Labute approximate surface area is 130 Å². The first-order chi connectivity index (χ1) is 10.6. The van der Waals surface area contributed by atoms with E-state index in [4.69, 9.17) is 9.11 Å². The van der Waals surface area contributed by atoms with E-state index >= 15 is 0 Å². The lowest BCUT2D eigenvalue weighted by molar-refractivity contribution is 0.481. The van der Waals surface area contributed by atoms with Crippen molar-refractivity contribution in [2.75, 3.05) is 0 Å². The van der Waals surface area contributed by atoms with Crippen LogP contribution in [0.25, 0.3) is 22.6 Å². The zero-order valence-electron chi connectivity index (χ0n) is 11.2. The Bertz CT molecular complexity index is 1120. The average molecular weight is 355 g/mol. The molecule has 0 spiro atoms. The van der Waals surface area contributed by atoms with Crippen LogP contribution in [0.5, 0.6) is 0 Å². The highest BCUT2D eigenvalue weighted by molar-refractivity contribution is 7.86. The van der Waals surface area contributed by atoms with Gasteiger partial charge in [-0.1, -0.05) is 0 Å². The Morgan fingerprint density at radius 1 is 0.913 bits per heavy atom. The fourth-order valence-corrected chi connectivity index (χ4v) is 2.97.